The van der Waals surface area contributed by atoms with Gasteiger partial charge in [0.1, 0.15) is 0 Å². The van der Waals surface area contributed by atoms with Gasteiger partial charge in [-0.2, -0.15) is 0 Å². The monoisotopic (exact) mass is 235 g/mol. The van der Waals surface area contributed by atoms with Gasteiger partial charge in [0, 0.05) is 6.42 Å². The smallest absolute Gasteiger partial charge is 0.305 e. The third kappa shape index (κ3) is 6.74. The van der Waals surface area contributed by atoms with E-state index in [4.69, 9.17) is 4.74 Å². The molecule has 0 saturated heterocycles. The molecule has 0 saturated carbocycles. The summed E-state index contributed by atoms with van der Waals surface area (Å²) in [5.41, 5.74) is 1.34. The zero-order valence-electron chi connectivity index (χ0n) is 10.4. The van der Waals surface area contributed by atoms with Crippen molar-refractivity contribution in [2.75, 3.05) is 19.7 Å². The van der Waals surface area contributed by atoms with Crippen LogP contribution in [0.25, 0.3) is 0 Å². The van der Waals surface area contributed by atoms with Gasteiger partial charge in [0.05, 0.1) is 6.61 Å². The second kappa shape index (κ2) is 8.76. The van der Waals surface area contributed by atoms with E-state index in [9.17, 15) is 4.79 Å². The van der Waals surface area contributed by atoms with Crippen LogP contribution in [0.1, 0.15) is 25.3 Å². The second-order valence-electron chi connectivity index (χ2n) is 3.91. The molecular weight excluding hydrogens is 214 g/mol. The molecule has 0 unspecified atom stereocenters. The maximum Gasteiger partial charge on any atom is 0.305 e. The maximum absolute atomic E-state index is 10.8. The van der Waals surface area contributed by atoms with Gasteiger partial charge in [-0.25, -0.2) is 0 Å². The number of esters is 1. The van der Waals surface area contributed by atoms with Gasteiger partial charge in [-0.15, -0.1) is 0 Å². The molecule has 0 aliphatic rings. The van der Waals surface area contributed by atoms with Crippen molar-refractivity contribution in [3.63, 3.8) is 0 Å². The van der Waals surface area contributed by atoms with E-state index in [1.165, 1.54) is 5.56 Å². The lowest BCUT2D eigenvalue weighted by Crippen LogP contribution is -2.20. The van der Waals surface area contributed by atoms with Crippen molar-refractivity contribution in [3.8, 4) is 0 Å². The highest BCUT2D eigenvalue weighted by molar-refractivity contribution is 5.68. The summed E-state index contributed by atoms with van der Waals surface area (Å²) in [6, 6.07) is 10.4. The van der Waals surface area contributed by atoms with Crippen LogP contribution in [0.4, 0.5) is 0 Å². The lowest BCUT2D eigenvalue weighted by atomic mass is 10.1. The Morgan fingerprint density at radius 1 is 1.24 bits per heavy atom. The predicted molar refractivity (Wildman–Crippen MR) is 68.9 cm³/mol. The summed E-state index contributed by atoms with van der Waals surface area (Å²) in [5.74, 6) is -0.116. The fraction of sp³-hybridized carbons (Fsp3) is 0.500. The van der Waals surface area contributed by atoms with Crippen molar-refractivity contribution in [1.29, 1.82) is 0 Å². The second-order valence-corrected chi connectivity index (χ2v) is 3.91. The molecule has 3 heteroatoms. The molecule has 94 valence electrons. The molecular formula is C14H21NO2. The zero-order valence-corrected chi connectivity index (χ0v) is 10.4. The van der Waals surface area contributed by atoms with Crippen molar-refractivity contribution < 1.29 is 9.53 Å². The summed E-state index contributed by atoms with van der Waals surface area (Å²) in [6.07, 6.45) is 2.37. The van der Waals surface area contributed by atoms with Crippen LogP contribution in [0.2, 0.25) is 0 Å². The van der Waals surface area contributed by atoms with Crippen molar-refractivity contribution in [2.24, 2.45) is 0 Å². The molecule has 0 spiro atoms. The van der Waals surface area contributed by atoms with Gasteiger partial charge in [0.15, 0.2) is 0 Å². The quantitative estimate of drug-likeness (QED) is 0.554. The molecule has 1 N–H and O–H groups in total. The molecule has 0 fully saturated rings. The average Bonchev–Trinajstić information content (AvgIpc) is 2.38. The van der Waals surface area contributed by atoms with Gasteiger partial charge in [0.2, 0.25) is 0 Å². The highest BCUT2D eigenvalue weighted by Crippen LogP contribution is 1.98. The van der Waals surface area contributed by atoms with Gasteiger partial charge in [-0.1, -0.05) is 37.3 Å². The van der Waals surface area contributed by atoms with Gasteiger partial charge in [0.25, 0.3) is 0 Å². The standard InChI is InChI=1S/C14H21NO2/c1-2-14(16)17-12-6-10-15-11-9-13-7-4-3-5-8-13/h3-5,7-8,15H,2,6,9-12H2,1H3. The number of hydrogen-bond acceptors (Lipinski definition) is 3. The molecule has 17 heavy (non-hydrogen) atoms. The molecule has 0 aliphatic heterocycles. The molecule has 1 aromatic carbocycles. The molecule has 0 aliphatic carbocycles. The number of carbonyl (C=O) groups is 1. The summed E-state index contributed by atoms with van der Waals surface area (Å²) in [6.45, 7) is 4.18. The first-order valence-electron chi connectivity index (χ1n) is 6.23. The van der Waals surface area contributed by atoms with Crippen LogP contribution in [-0.2, 0) is 16.0 Å². The van der Waals surface area contributed by atoms with E-state index in [-0.39, 0.29) is 5.97 Å². The van der Waals surface area contributed by atoms with Gasteiger partial charge in [-0.3, -0.25) is 4.79 Å². The predicted octanol–water partition coefficient (Wildman–Crippen LogP) is 2.16. The van der Waals surface area contributed by atoms with Crippen LogP contribution in [0.5, 0.6) is 0 Å². The Hall–Kier alpha value is -1.35. The van der Waals surface area contributed by atoms with E-state index >= 15 is 0 Å². The van der Waals surface area contributed by atoms with Crippen molar-refractivity contribution in [2.45, 2.75) is 26.2 Å². The number of carbonyl (C=O) groups excluding carboxylic acids is 1. The molecule has 0 bridgehead atoms. The Bertz CT molecular complexity index is 311. The van der Waals surface area contributed by atoms with E-state index < -0.39 is 0 Å². The largest absolute Gasteiger partial charge is 0.466 e. The van der Waals surface area contributed by atoms with E-state index in [1.807, 2.05) is 6.07 Å². The molecule has 0 amide bonds. The normalized spacial score (nSPS) is 10.2. The average molecular weight is 235 g/mol. The molecule has 0 heterocycles. The first kappa shape index (κ1) is 13.7. The first-order valence-corrected chi connectivity index (χ1v) is 6.23. The van der Waals surface area contributed by atoms with E-state index in [2.05, 4.69) is 29.6 Å². The number of nitrogens with one attached hydrogen (secondary N) is 1. The lowest BCUT2D eigenvalue weighted by molar-refractivity contribution is -0.143. The summed E-state index contributed by atoms with van der Waals surface area (Å²) >= 11 is 0. The third-order valence-corrected chi connectivity index (χ3v) is 2.48. The molecule has 0 aromatic heterocycles. The zero-order chi connectivity index (χ0) is 12.3. The minimum atomic E-state index is -0.116. The SMILES string of the molecule is CCC(=O)OCCCNCCc1ccccc1. The van der Waals surface area contributed by atoms with Crippen LogP contribution in [0, 0.1) is 0 Å². The maximum atomic E-state index is 10.8. The Morgan fingerprint density at radius 3 is 2.71 bits per heavy atom. The number of rotatable bonds is 8. The summed E-state index contributed by atoms with van der Waals surface area (Å²) in [5, 5.41) is 3.33. The fourth-order valence-electron chi connectivity index (χ4n) is 1.49. The Labute approximate surface area is 103 Å². The molecule has 1 aromatic rings. The highest BCUT2D eigenvalue weighted by atomic mass is 16.5. The molecule has 0 radical (unpaired) electrons. The lowest BCUT2D eigenvalue weighted by Gasteiger charge is -2.05. The number of benzene rings is 1. The fourth-order valence-corrected chi connectivity index (χ4v) is 1.49. The van der Waals surface area contributed by atoms with Crippen LogP contribution in [0.15, 0.2) is 30.3 Å². The van der Waals surface area contributed by atoms with Crippen LogP contribution >= 0.6 is 0 Å². The van der Waals surface area contributed by atoms with Crippen LogP contribution < -0.4 is 5.32 Å². The summed E-state index contributed by atoms with van der Waals surface area (Å²) in [4.78, 5) is 10.8. The van der Waals surface area contributed by atoms with Crippen LogP contribution in [-0.4, -0.2) is 25.7 Å². The van der Waals surface area contributed by atoms with Crippen molar-refractivity contribution in [3.05, 3.63) is 35.9 Å². The Morgan fingerprint density at radius 2 is 2.00 bits per heavy atom. The van der Waals surface area contributed by atoms with Crippen LogP contribution in [0.3, 0.4) is 0 Å². The van der Waals surface area contributed by atoms with E-state index in [0.717, 1.165) is 25.9 Å². The number of hydrogen-bond donors (Lipinski definition) is 1. The van der Waals surface area contributed by atoms with Crippen molar-refractivity contribution in [1.82, 2.24) is 5.32 Å². The minimum Gasteiger partial charge on any atom is -0.466 e. The Kier molecular flexibility index (Phi) is 7.07. The van der Waals surface area contributed by atoms with Gasteiger partial charge >= 0.3 is 5.97 Å². The summed E-state index contributed by atoms with van der Waals surface area (Å²) < 4.78 is 4.98. The molecule has 1 rings (SSSR count). The third-order valence-electron chi connectivity index (χ3n) is 2.48. The molecule has 0 atom stereocenters. The Balaban J connectivity index is 1.93. The van der Waals surface area contributed by atoms with Gasteiger partial charge in [-0.05, 0) is 31.5 Å². The minimum absolute atomic E-state index is 0.116. The van der Waals surface area contributed by atoms with E-state index in [1.54, 1.807) is 6.92 Å². The topological polar surface area (TPSA) is 38.3 Å². The van der Waals surface area contributed by atoms with Gasteiger partial charge < -0.3 is 10.1 Å². The number of ether oxygens (including phenoxy) is 1. The molecule has 3 nitrogen and oxygen atoms in total. The summed E-state index contributed by atoms with van der Waals surface area (Å²) in [7, 11) is 0. The van der Waals surface area contributed by atoms with E-state index in [0.29, 0.717) is 13.0 Å². The first-order chi connectivity index (χ1) is 8.33. The van der Waals surface area contributed by atoms with Crippen molar-refractivity contribution >= 4 is 5.97 Å². The highest BCUT2D eigenvalue weighted by Gasteiger charge is 1.97.